The van der Waals surface area contributed by atoms with Crippen LogP contribution in [0.1, 0.15) is 50.0 Å². The zero-order valence-electron chi connectivity index (χ0n) is 11.6. The zero-order chi connectivity index (χ0) is 12.9. The van der Waals surface area contributed by atoms with Crippen molar-refractivity contribution in [3.63, 3.8) is 0 Å². The highest BCUT2D eigenvalue weighted by Gasteiger charge is 2.18. The molecule has 1 aliphatic carbocycles. The molecule has 1 saturated heterocycles. The Morgan fingerprint density at radius 2 is 1.89 bits per heavy atom. The SMILES string of the molecule is c1nc(NCC2CCCNC2)ncc1C1CCCC1. The van der Waals surface area contributed by atoms with Gasteiger partial charge >= 0.3 is 0 Å². The molecule has 2 heterocycles. The van der Waals surface area contributed by atoms with Gasteiger partial charge in [-0.1, -0.05) is 12.8 Å². The molecule has 2 aliphatic rings. The van der Waals surface area contributed by atoms with Gasteiger partial charge in [-0.2, -0.15) is 0 Å². The van der Waals surface area contributed by atoms with Crippen molar-refractivity contribution in [3.05, 3.63) is 18.0 Å². The van der Waals surface area contributed by atoms with E-state index in [1.165, 1.54) is 50.6 Å². The van der Waals surface area contributed by atoms with E-state index in [9.17, 15) is 0 Å². The highest BCUT2D eigenvalue weighted by molar-refractivity contribution is 5.26. The van der Waals surface area contributed by atoms with E-state index in [-0.39, 0.29) is 0 Å². The van der Waals surface area contributed by atoms with Gasteiger partial charge in [0.05, 0.1) is 0 Å². The molecule has 0 aromatic carbocycles. The Hall–Kier alpha value is -1.16. The first-order valence-corrected chi connectivity index (χ1v) is 7.68. The zero-order valence-corrected chi connectivity index (χ0v) is 11.6. The summed E-state index contributed by atoms with van der Waals surface area (Å²) in [5.74, 6) is 2.20. The van der Waals surface area contributed by atoms with Crippen molar-refractivity contribution in [1.82, 2.24) is 15.3 Å². The number of anilines is 1. The molecule has 1 aromatic rings. The van der Waals surface area contributed by atoms with Crippen molar-refractivity contribution < 1.29 is 0 Å². The lowest BCUT2D eigenvalue weighted by molar-refractivity contribution is 0.392. The largest absolute Gasteiger partial charge is 0.354 e. The predicted molar refractivity (Wildman–Crippen MR) is 77.3 cm³/mol. The van der Waals surface area contributed by atoms with E-state index < -0.39 is 0 Å². The topological polar surface area (TPSA) is 49.8 Å². The summed E-state index contributed by atoms with van der Waals surface area (Å²) in [6.45, 7) is 3.27. The van der Waals surface area contributed by atoms with Gasteiger partial charge in [0.25, 0.3) is 0 Å². The van der Waals surface area contributed by atoms with Crippen molar-refractivity contribution in [2.45, 2.75) is 44.4 Å². The van der Waals surface area contributed by atoms with Gasteiger partial charge in [-0.05, 0) is 56.2 Å². The average Bonchev–Trinajstić information content (AvgIpc) is 3.01. The third kappa shape index (κ3) is 3.44. The summed E-state index contributed by atoms with van der Waals surface area (Å²) in [6.07, 6.45) is 12.0. The number of nitrogens with zero attached hydrogens (tertiary/aromatic N) is 2. The monoisotopic (exact) mass is 260 g/mol. The molecule has 19 heavy (non-hydrogen) atoms. The van der Waals surface area contributed by atoms with Gasteiger partial charge in [-0.15, -0.1) is 0 Å². The molecule has 2 fully saturated rings. The molecule has 0 amide bonds. The van der Waals surface area contributed by atoms with Crippen molar-refractivity contribution >= 4 is 5.95 Å². The molecule has 4 heteroatoms. The maximum Gasteiger partial charge on any atom is 0.222 e. The Kier molecular flexibility index (Phi) is 4.28. The molecule has 1 atom stereocenters. The van der Waals surface area contributed by atoms with Crippen LogP contribution in [0.5, 0.6) is 0 Å². The molecule has 1 unspecified atom stereocenters. The number of aromatic nitrogens is 2. The molecule has 4 nitrogen and oxygen atoms in total. The van der Waals surface area contributed by atoms with Gasteiger partial charge in [-0.3, -0.25) is 0 Å². The quantitative estimate of drug-likeness (QED) is 0.873. The van der Waals surface area contributed by atoms with Crippen LogP contribution in [0.15, 0.2) is 12.4 Å². The van der Waals surface area contributed by atoms with Gasteiger partial charge < -0.3 is 10.6 Å². The van der Waals surface area contributed by atoms with Crippen LogP contribution in [0.25, 0.3) is 0 Å². The van der Waals surface area contributed by atoms with Crippen LogP contribution in [0, 0.1) is 5.92 Å². The van der Waals surface area contributed by atoms with Crippen molar-refractivity contribution in [3.8, 4) is 0 Å². The third-order valence-electron chi connectivity index (χ3n) is 4.45. The standard InChI is InChI=1S/C15H24N4/c1-2-6-13(5-1)14-10-18-15(19-11-14)17-9-12-4-3-7-16-8-12/h10-13,16H,1-9H2,(H,17,18,19). The van der Waals surface area contributed by atoms with Crippen molar-refractivity contribution in [1.29, 1.82) is 0 Å². The molecule has 2 N–H and O–H groups in total. The highest BCUT2D eigenvalue weighted by Crippen LogP contribution is 2.33. The lowest BCUT2D eigenvalue weighted by Crippen LogP contribution is -2.33. The minimum atomic E-state index is 0.705. The van der Waals surface area contributed by atoms with Gasteiger partial charge in [0.15, 0.2) is 0 Å². The fourth-order valence-corrected chi connectivity index (χ4v) is 3.23. The van der Waals surface area contributed by atoms with Crippen LogP contribution in [0.4, 0.5) is 5.95 Å². The summed E-state index contributed by atoms with van der Waals surface area (Å²) in [5.41, 5.74) is 1.32. The Labute approximate surface area is 115 Å². The van der Waals surface area contributed by atoms with Crippen molar-refractivity contribution in [2.75, 3.05) is 25.0 Å². The number of hydrogen-bond donors (Lipinski definition) is 2. The van der Waals surface area contributed by atoms with E-state index in [4.69, 9.17) is 0 Å². The Morgan fingerprint density at radius 3 is 2.58 bits per heavy atom. The molecule has 1 saturated carbocycles. The molecule has 0 spiro atoms. The first kappa shape index (κ1) is 12.9. The first-order chi connectivity index (χ1) is 9.42. The Bertz CT molecular complexity index is 378. The molecule has 1 aromatic heterocycles. The second-order valence-electron chi connectivity index (χ2n) is 5.91. The second kappa shape index (κ2) is 6.33. The lowest BCUT2D eigenvalue weighted by Gasteiger charge is -2.22. The minimum absolute atomic E-state index is 0.705. The summed E-state index contributed by atoms with van der Waals surface area (Å²) in [4.78, 5) is 8.93. The summed E-state index contributed by atoms with van der Waals surface area (Å²) < 4.78 is 0. The first-order valence-electron chi connectivity index (χ1n) is 7.68. The van der Waals surface area contributed by atoms with E-state index >= 15 is 0 Å². The van der Waals surface area contributed by atoms with E-state index in [1.807, 2.05) is 12.4 Å². The summed E-state index contributed by atoms with van der Waals surface area (Å²) in [5, 5.41) is 6.81. The molecular formula is C15H24N4. The fraction of sp³-hybridized carbons (Fsp3) is 0.733. The Morgan fingerprint density at radius 1 is 1.11 bits per heavy atom. The summed E-state index contributed by atoms with van der Waals surface area (Å²) in [6, 6.07) is 0. The van der Waals surface area contributed by atoms with Crippen LogP contribution in [-0.4, -0.2) is 29.6 Å². The normalized spacial score (nSPS) is 24.5. The fourth-order valence-electron chi connectivity index (χ4n) is 3.23. The van der Waals surface area contributed by atoms with Gasteiger partial charge in [0.2, 0.25) is 5.95 Å². The summed E-state index contributed by atoms with van der Waals surface area (Å²) >= 11 is 0. The third-order valence-corrected chi connectivity index (χ3v) is 4.45. The van der Waals surface area contributed by atoms with Gasteiger partial charge in [0.1, 0.15) is 0 Å². The van der Waals surface area contributed by atoms with E-state index in [2.05, 4.69) is 20.6 Å². The summed E-state index contributed by atoms with van der Waals surface area (Å²) in [7, 11) is 0. The predicted octanol–water partition coefficient (Wildman–Crippen LogP) is 2.55. The molecule has 1 aliphatic heterocycles. The highest BCUT2D eigenvalue weighted by atomic mass is 15.1. The lowest BCUT2D eigenvalue weighted by atomic mass is 10.00. The number of piperidine rings is 1. The number of hydrogen-bond acceptors (Lipinski definition) is 4. The smallest absolute Gasteiger partial charge is 0.222 e. The van der Waals surface area contributed by atoms with E-state index in [1.54, 1.807) is 0 Å². The van der Waals surface area contributed by atoms with Crippen LogP contribution >= 0.6 is 0 Å². The minimum Gasteiger partial charge on any atom is -0.354 e. The average molecular weight is 260 g/mol. The molecule has 0 bridgehead atoms. The number of rotatable bonds is 4. The Balaban J connectivity index is 1.50. The van der Waals surface area contributed by atoms with Crippen LogP contribution in [-0.2, 0) is 0 Å². The van der Waals surface area contributed by atoms with Crippen LogP contribution in [0.2, 0.25) is 0 Å². The van der Waals surface area contributed by atoms with Crippen molar-refractivity contribution in [2.24, 2.45) is 5.92 Å². The van der Waals surface area contributed by atoms with Gasteiger partial charge in [0, 0.05) is 18.9 Å². The van der Waals surface area contributed by atoms with E-state index in [0.717, 1.165) is 19.0 Å². The van der Waals surface area contributed by atoms with E-state index in [0.29, 0.717) is 11.8 Å². The van der Waals surface area contributed by atoms with Crippen LogP contribution in [0.3, 0.4) is 0 Å². The van der Waals surface area contributed by atoms with Gasteiger partial charge in [-0.25, -0.2) is 9.97 Å². The second-order valence-corrected chi connectivity index (χ2v) is 5.91. The maximum atomic E-state index is 4.47. The molecule has 0 radical (unpaired) electrons. The number of nitrogens with one attached hydrogen (secondary N) is 2. The molecule has 3 rings (SSSR count). The molecule has 104 valence electrons. The van der Waals surface area contributed by atoms with Crippen LogP contribution < -0.4 is 10.6 Å². The molecular weight excluding hydrogens is 236 g/mol. The maximum absolute atomic E-state index is 4.47.